The van der Waals surface area contributed by atoms with Gasteiger partial charge < -0.3 is 9.05 Å². The van der Waals surface area contributed by atoms with E-state index in [9.17, 15) is 0 Å². The van der Waals surface area contributed by atoms with E-state index in [1.165, 1.54) is 0 Å². The SMILES string of the molecule is POC1C=NC[C@@H]1OP. The predicted octanol–water partition coefficient (Wildman–Crippen LogP) is 0.421. The largest absolute Gasteiger partial charge is 0.357 e. The molecule has 1 rings (SSSR count). The second-order valence-electron chi connectivity index (χ2n) is 1.79. The van der Waals surface area contributed by atoms with Crippen molar-refractivity contribution in [1.29, 1.82) is 0 Å². The summed E-state index contributed by atoms with van der Waals surface area (Å²) >= 11 is 0. The van der Waals surface area contributed by atoms with Crippen LogP contribution >= 0.6 is 18.9 Å². The number of rotatable bonds is 2. The van der Waals surface area contributed by atoms with Gasteiger partial charge >= 0.3 is 0 Å². The van der Waals surface area contributed by atoms with Crippen molar-refractivity contribution < 1.29 is 9.05 Å². The maximum absolute atomic E-state index is 4.97. The first-order valence-electron chi connectivity index (χ1n) is 2.59. The van der Waals surface area contributed by atoms with E-state index in [0.717, 1.165) is 0 Å². The molecule has 0 bridgehead atoms. The summed E-state index contributed by atoms with van der Waals surface area (Å²) in [5, 5.41) is 0. The van der Waals surface area contributed by atoms with Crippen molar-refractivity contribution in [3.05, 3.63) is 0 Å². The zero-order valence-electron chi connectivity index (χ0n) is 4.86. The Hall–Kier alpha value is 0.450. The quantitative estimate of drug-likeness (QED) is 0.555. The average Bonchev–Trinajstić information content (AvgIpc) is 2.33. The fourth-order valence-electron chi connectivity index (χ4n) is 0.712. The summed E-state index contributed by atoms with van der Waals surface area (Å²) in [5.74, 6) is 0. The van der Waals surface area contributed by atoms with Gasteiger partial charge in [0, 0.05) is 25.1 Å². The summed E-state index contributed by atoms with van der Waals surface area (Å²) in [6, 6.07) is 0. The van der Waals surface area contributed by atoms with Crippen LogP contribution in [0.2, 0.25) is 0 Å². The van der Waals surface area contributed by atoms with E-state index in [4.69, 9.17) is 9.05 Å². The van der Waals surface area contributed by atoms with Crippen LogP contribution in [-0.2, 0) is 9.05 Å². The summed E-state index contributed by atoms with van der Waals surface area (Å²) in [6.45, 7) is 0.697. The summed E-state index contributed by atoms with van der Waals surface area (Å²) in [4.78, 5) is 3.99. The van der Waals surface area contributed by atoms with E-state index < -0.39 is 0 Å². The lowest BCUT2D eigenvalue weighted by molar-refractivity contribution is 0.148. The first-order chi connectivity index (χ1) is 4.38. The van der Waals surface area contributed by atoms with Crippen molar-refractivity contribution >= 4 is 25.1 Å². The molecule has 1 heterocycles. The van der Waals surface area contributed by atoms with Crippen LogP contribution in [0.1, 0.15) is 0 Å². The number of aliphatic imine (C=N–C) groups is 1. The predicted molar refractivity (Wildman–Crippen MR) is 42.5 cm³/mol. The van der Waals surface area contributed by atoms with Gasteiger partial charge in [-0.15, -0.1) is 0 Å². The van der Waals surface area contributed by atoms with Crippen molar-refractivity contribution in [3.8, 4) is 0 Å². The Balaban J connectivity index is 2.39. The Bertz CT molecular complexity index is 119. The van der Waals surface area contributed by atoms with Gasteiger partial charge in [0.15, 0.2) is 0 Å². The van der Waals surface area contributed by atoms with Gasteiger partial charge in [-0.25, -0.2) is 0 Å². The molecule has 0 radical (unpaired) electrons. The normalized spacial score (nSPS) is 33.6. The fraction of sp³-hybridized carbons (Fsp3) is 0.750. The monoisotopic (exact) mass is 165 g/mol. The van der Waals surface area contributed by atoms with E-state index >= 15 is 0 Å². The van der Waals surface area contributed by atoms with Crippen molar-refractivity contribution in [2.45, 2.75) is 12.2 Å². The van der Waals surface area contributed by atoms with Crippen LogP contribution in [0.15, 0.2) is 4.99 Å². The van der Waals surface area contributed by atoms with E-state index in [1.54, 1.807) is 6.21 Å². The second kappa shape index (κ2) is 3.58. The Morgan fingerprint density at radius 2 is 2.22 bits per heavy atom. The average molecular weight is 165 g/mol. The van der Waals surface area contributed by atoms with Gasteiger partial charge in [-0.3, -0.25) is 4.99 Å². The molecule has 0 saturated heterocycles. The topological polar surface area (TPSA) is 30.8 Å². The molecule has 0 aromatic rings. The molecule has 0 spiro atoms. The maximum atomic E-state index is 4.97. The molecule has 4 atom stereocenters. The van der Waals surface area contributed by atoms with Gasteiger partial charge in [-0.2, -0.15) is 0 Å². The van der Waals surface area contributed by atoms with Crippen LogP contribution in [0.4, 0.5) is 0 Å². The first kappa shape index (κ1) is 7.56. The zero-order valence-corrected chi connectivity index (χ0v) is 7.17. The van der Waals surface area contributed by atoms with Crippen LogP contribution in [0, 0.1) is 0 Å². The molecule has 9 heavy (non-hydrogen) atoms. The molecular formula is C4H9NO2P2. The molecular weight excluding hydrogens is 156 g/mol. The van der Waals surface area contributed by atoms with E-state index in [-0.39, 0.29) is 12.2 Å². The minimum absolute atomic E-state index is 0.00694. The van der Waals surface area contributed by atoms with E-state index in [0.29, 0.717) is 6.54 Å². The van der Waals surface area contributed by atoms with Gasteiger partial charge in [0.1, 0.15) is 12.2 Å². The van der Waals surface area contributed by atoms with Crippen molar-refractivity contribution in [2.75, 3.05) is 6.54 Å². The highest BCUT2D eigenvalue weighted by Crippen LogP contribution is 2.13. The summed E-state index contributed by atoms with van der Waals surface area (Å²) < 4.78 is 9.91. The zero-order chi connectivity index (χ0) is 6.69. The van der Waals surface area contributed by atoms with Crippen LogP contribution < -0.4 is 0 Å². The summed E-state index contributed by atoms with van der Waals surface area (Å²) in [6.07, 6.45) is 1.84. The maximum Gasteiger partial charge on any atom is 0.124 e. The minimum atomic E-state index is 0.00694. The summed E-state index contributed by atoms with van der Waals surface area (Å²) in [7, 11) is 4.40. The molecule has 0 aromatic carbocycles. The molecule has 0 fully saturated rings. The third-order valence-corrected chi connectivity index (χ3v) is 1.90. The van der Waals surface area contributed by atoms with E-state index in [1.807, 2.05) is 0 Å². The molecule has 3 nitrogen and oxygen atoms in total. The highest BCUT2D eigenvalue weighted by molar-refractivity contribution is 7.10. The lowest BCUT2D eigenvalue weighted by Gasteiger charge is -2.12. The molecule has 0 amide bonds. The van der Waals surface area contributed by atoms with Crippen molar-refractivity contribution in [1.82, 2.24) is 0 Å². The van der Waals surface area contributed by atoms with Crippen LogP contribution in [0.25, 0.3) is 0 Å². The van der Waals surface area contributed by atoms with Crippen LogP contribution in [-0.4, -0.2) is 25.0 Å². The van der Waals surface area contributed by atoms with Gasteiger partial charge in [0.2, 0.25) is 0 Å². The fourth-order valence-corrected chi connectivity index (χ4v) is 1.20. The number of nitrogens with zero attached hydrogens (tertiary/aromatic N) is 1. The van der Waals surface area contributed by atoms with Crippen LogP contribution in [0.5, 0.6) is 0 Å². The van der Waals surface area contributed by atoms with Crippen molar-refractivity contribution in [3.63, 3.8) is 0 Å². The molecule has 1 aliphatic heterocycles. The highest BCUT2D eigenvalue weighted by atomic mass is 31.0. The lowest BCUT2D eigenvalue weighted by Crippen LogP contribution is -2.25. The summed E-state index contributed by atoms with van der Waals surface area (Å²) in [5.41, 5.74) is 0. The lowest BCUT2D eigenvalue weighted by atomic mass is 10.3. The van der Waals surface area contributed by atoms with Crippen molar-refractivity contribution in [2.24, 2.45) is 4.99 Å². The molecule has 3 unspecified atom stereocenters. The van der Waals surface area contributed by atoms with Gasteiger partial charge in [0.25, 0.3) is 0 Å². The molecule has 0 aromatic heterocycles. The number of hydrogen-bond donors (Lipinski definition) is 0. The van der Waals surface area contributed by atoms with Gasteiger partial charge in [0.05, 0.1) is 6.54 Å². The van der Waals surface area contributed by atoms with E-state index in [2.05, 4.69) is 23.9 Å². The van der Waals surface area contributed by atoms with Crippen LogP contribution in [0.3, 0.4) is 0 Å². The van der Waals surface area contributed by atoms with Gasteiger partial charge in [-0.1, -0.05) is 0 Å². The highest BCUT2D eigenvalue weighted by Gasteiger charge is 2.22. The molecule has 5 heteroatoms. The number of hydrogen-bond acceptors (Lipinski definition) is 3. The Morgan fingerprint density at radius 3 is 2.67 bits per heavy atom. The smallest absolute Gasteiger partial charge is 0.124 e. The Morgan fingerprint density at radius 1 is 1.44 bits per heavy atom. The standard InChI is InChI=1S/C4H9NO2P2/c8-6-3-1-5-2-4(3)7-9/h1,3-4H,2,8-9H2/t3?,4-/m0/s1. The Labute approximate surface area is 58.8 Å². The molecule has 0 aliphatic carbocycles. The molecule has 1 aliphatic rings. The molecule has 0 N–H and O–H groups in total. The minimum Gasteiger partial charge on any atom is -0.357 e. The molecule has 52 valence electrons. The Kier molecular flexibility index (Phi) is 3.00. The van der Waals surface area contributed by atoms with Gasteiger partial charge in [-0.05, 0) is 0 Å². The first-order valence-corrected chi connectivity index (χ1v) is 3.53. The second-order valence-corrected chi connectivity index (χ2v) is 2.33. The third kappa shape index (κ3) is 1.68. The third-order valence-electron chi connectivity index (χ3n) is 1.24. The molecule has 0 saturated carbocycles.